The molecule has 7 heteroatoms. The Hall–Kier alpha value is -0.449. The first-order chi connectivity index (χ1) is 15.6. The molecular formula is C28H54O4Si3. The van der Waals surface area contributed by atoms with Crippen molar-refractivity contribution in [3.63, 3.8) is 0 Å². The normalized spacial score (nSPS) is 25.0. The molecule has 1 aliphatic heterocycles. The fraction of sp³-hybridized carbons (Fsp3) is 0.786. The second-order valence-electron chi connectivity index (χ2n) is 14.5. The lowest BCUT2D eigenvalue weighted by Crippen LogP contribution is -2.57. The Morgan fingerprint density at radius 1 is 0.829 bits per heavy atom. The molecule has 0 N–H and O–H groups in total. The molecule has 1 saturated heterocycles. The summed E-state index contributed by atoms with van der Waals surface area (Å²) in [4.78, 5) is 0. The van der Waals surface area contributed by atoms with Crippen LogP contribution in [0.2, 0.25) is 55.9 Å². The van der Waals surface area contributed by atoms with Crippen molar-refractivity contribution in [2.24, 2.45) is 0 Å². The lowest BCUT2D eigenvalue weighted by molar-refractivity contribution is -0.154. The molecule has 1 heterocycles. The van der Waals surface area contributed by atoms with E-state index in [0.717, 1.165) is 17.7 Å². The largest absolute Gasteiger partial charge is 0.496 e. The molecule has 4 nitrogen and oxygen atoms in total. The molecule has 1 fully saturated rings. The predicted molar refractivity (Wildman–Crippen MR) is 158 cm³/mol. The van der Waals surface area contributed by atoms with Crippen molar-refractivity contribution >= 4 is 29.9 Å². The zero-order valence-electron chi connectivity index (χ0n) is 25.4. The monoisotopic (exact) mass is 538 g/mol. The number of methoxy groups -OCH3 is 1. The third-order valence-corrected chi connectivity index (χ3v) is 19.6. The van der Waals surface area contributed by atoms with Gasteiger partial charge < -0.3 is 18.3 Å². The fourth-order valence-electron chi connectivity index (χ4n) is 4.04. The maximum atomic E-state index is 7.11. The molecule has 2 rings (SSSR count). The van der Waals surface area contributed by atoms with Crippen LogP contribution in [0.3, 0.4) is 0 Å². The van der Waals surface area contributed by atoms with Gasteiger partial charge in [0.25, 0.3) is 0 Å². The summed E-state index contributed by atoms with van der Waals surface area (Å²) in [5.74, 6) is 0.928. The quantitative estimate of drug-likeness (QED) is 0.331. The van der Waals surface area contributed by atoms with Gasteiger partial charge in [-0.05, 0) is 49.3 Å². The van der Waals surface area contributed by atoms with E-state index < -0.39 is 24.7 Å². The third-order valence-electron chi connectivity index (χ3n) is 8.59. The predicted octanol–water partition coefficient (Wildman–Crippen LogP) is 7.87. The Morgan fingerprint density at radius 2 is 1.34 bits per heavy atom. The minimum absolute atomic E-state index is 0.0138. The molecule has 1 aliphatic rings. The van der Waals surface area contributed by atoms with Crippen LogP contribution in [0.4, 0.5) is 0 Å². The van der Waals surface area contributed by atoms with Gasteiger partial charge in [-0.25, -0.2) is 0 Å². The molecule has 0 aliphatic carbocycles. The van der Waals surface area contributed by atoms with Crippen molar-refractivity contribution in [3.8, 4) is 5.75 Å². The summed E-state index contributed by atoms with van der Waals surface area (Å²) in [6, 6.07) is 6.74. The SMILES string of the molecule is COc1cc([Si](C)(C)C)ccc1[C@H]1C[C@@H](O[Si](C)(C)C(C)(C)C)[C@H](O[Si](C)(C)C(C)(C)C)[C@@H](C)O1. The summed E-state index contributed by atoms with van der Waals surface area (Å²) in [5.41, 5.74) is 1.12. The van der Waals surface area contributed by atoms with Gasteiger partial charge in [0.05, 0.1) is 39.6 Å². The second kappa shape index (κ2) is 10.4. The van der Waals surface area contributed by atoms with E-state index in [4.69, 9.17) is 18.3 Å². The number of rotatable bonds is 7. The first-order valence-corrected chi connectivity index (χ1v) is 22.6. The van der Waals surface area contributed by atoms with Crippen molar-refractivity contribution in [2.75, 3.05) is 7.11 Å². The Kier molecular flexibility index (Phi) is 9.12. The van der Waals surface area contributed by atoms with Gasteiger partial charge in [0.1, 0.15) is 5.75 Å². The van der Waals surface area contributed by atoms with Crippen molar-refractivity contribution < 1.29 is 18.3 Å². The number of benzene rings is 1. The highest BCUT2D eigenvalue weighted by molar-refractivity contribution is 6.88. The molecule has 35 heavy (non-hydrogen) atoms. The van der Waals surface area contributed by atoms with Crippen LogP contribution in [0.5, 0.6) is 5.75 Å². The van der Waals surface area contributed by atoms with Crippen molar-refractivity contribution in [3.05, 3.63) is 23.8 Å². The molecule has 1 aromatic carbocycles. The lowest BCUT2D eigenvalue weighted by atomic mass is 9.94. The van der Waals surface area contributed by atoms with Crippen LogP contribution in [-0.2, 0) is 13.6 Å². The molecule has 0 spiro atoms. The average Bonchev–Trinajstić information content (AvgIpc) is 2.67. The first kappa shape index (κ1) is 30.8. The van der Waals surface area contributed by atoms with Crippen LogP contribution in [0.25, 0.3) is 0 Å². The average molecular weight is 539 g/mol. The van der Waals surface area contributed by atoms with E-state index in [0.29, 0.717) is 0 Å². The van der Waals surface area contributed by atoms with Crippen molar-refractivity contribution in [1.82, 2.24) is 0 Å². The van der Waals surface area contributed by atoms with Gasteiger partial charge in [-0.15, -0.1) is 0 Å². The molecular weight excluding hydrogens is 485 g/mol. The maximum absolute atomic E-state index is 7.11. The molecule has 1 aromatic rings. The Balaban J connectivity index is 2.48. The zero-order chi connectivity index (χ0) is 27.2. The van der Waals surface area contributed by atoms with Crippen LogP contribution < -0.4 is 9.92 Å². The van der Waals surface area contributed by atoms with Crippen molar-refractivity contribution in [1.29, 1.82) is 0 Å². The van der Waals surface area contributed by atoms with E-state index in [1.54, 1.807) is 7.11 Å². The summed E-state index contributed by atoms with van der Waals surface area (Å²) in [7, 11) is -3.70. The highest BCUT2D eigenvalue weighted by Crippen LogP contribution is 2.45. The van der Waals surface area contributed by atoms with Gasteiger partial charge in [-0.3, -0.25) is 0 Å². The van der Waals surface area contributed by atoms with Gasteiger partial charge in [0.15, 0.2) is 16.6 Å². The number of hydrogen-bond donors (Lipinski definition) is 0. The van der Waals surface area contributed by atoms with Crippen LogP contribution in [0.1, 0.15) is 66.6 Å². The first-order valence-electron chi connectivity index (χ1n) is 13.3. The maximum Gasteiger partial charge on any atom is 0.192 e. The zero-order valence-corrected chi connectivity index (χ0v) is 28.4. The van der Waals surface area contributed by atoms with Gasteiger partial charge in [-0.1, -0.05) is 78.5 Å². The fourth-order valence-corrected chi connectivity index (χ4v) is 7.91. The number of hydrogen-bond acceptors (Lipinski definition) is 4. The molecule has 202 valence electrons. The van der Waals surface area contributed by atoms with Crippen LogP contribution >= 0.6 is 0 Å². The number of ether oxygens (including phenoxy) is 2. The topological polar surface area (TPSA) is 36.9 Å². The van der Waals surface area contributed by atoms with Crippen LogP contribution in [-0.4, -0.2) is 50.1 Å². The van der Waals surface area contributed by atoms with Gasteiger partial charge in [0.2, 0.25) is 0 Å². The molecule has 0 aromatic heterocycles. The van der Waals surface area contributed by atoms with Crippen LogP contribution in [0.15, 0.2) is 18.2 Å². The summed E-state index contributed by atoms with van der Waals surface area (Å²) >= 11 is 0. The van der Waals surface area contributed by atoms with E-state index >= 15 is 0 Å². The molecule has 0 saturated carbocycles. The highest BCUT2D eigenvalue weighted by Gasteiger charge is 2.49. The third kappa shape index (κ3) is 7.11. The minimum atomic E-state index is -2.02. The summed E-state index contributed by atoms with van der Waals surface area (Å²) < 4.78 is 26.7. The Bertz CT molecular complexity index is 862. The molecule has 4 atom stereocenters. The Labute approximate surface area is 219 Å². The lowest BCUT2D eigenvalue weighted by Gasteiger charge is -2.50. The smallest absolute Gasteiger partial charge is 0.192 e. The minimum Gasteiger partial charge on any atom is -0.496 e. The highest BCUT2D eigenvalue weighted by atomic mass is 28.4. The summed E-state index contributed by atoms with van der Waals surface area (Å²) in [6.45, 7) is 32.4. The van der Waals surface area contributed by atoms with E-state index in [9.17, 15) is 0 Å². The van der Waals surface area contributed by atoms with Crippen LogP contribution in [0, 0.1) is 0 Å². The van der Waals surface area contributed by atoms with Gasteiger partial charge in [-0.2, -0.15) is 0 Å². The van der Waals surface area contributed by atoms with E-state index in [1.165, 1.54) is 5.19 Å². The van der Waals surface area contributed by atoms with E-state index in [2.05, 4.69) is 112 Å². The standard InChI is InChI=1S/C28H54O4Si3/c1-20-26(32-35(14,15)28(5,6)7)25(31-34(12,13)27(2,3)4)19-24(30-20)22-17-16-21(33(9,10)11)18-23(22)29-8/h16-18,20,24-26H,19H2,1-15H3/t20-,24-,25-,26-/m1/s1. The van der Waals surface area contributed by atoms with E-state index in [-0.39, 0.29) is 34.5 Å². The second-order valence-corrected chi connectivity index (χ2v) is 29.1. The van der Waals surface area contributed by atoms with Gasteiger partial charge >= 0.3 is 0 Å². The van der Waals surface area contributed by atoms with Gasteiger partial charge in [0, 0.05) is 12.0 Å². The molecule has 0 radical (unpaired) electrons. The molecule has 0 bridgehead atoms. The molecule has 0 amide bonds. The summed E-state index contributed by atoms with van der Waals surface area (Å²) in [5, 5.41) is 1.65. The molecule has 0 unspecified atom stereocenters. The Morgan fingerprint density at radius 3 is 1.80 bits per heavy atom. The van der Waals surface area contributed by atoms with E-state index in [1.807, 2.05) is 0 Å². The van der Waals surface area contributed by atoms with Crippen molar-refractivity contribution in [2.45, 2.75) is 135 Å². The summed E-state index contributed by atoms with van der Waals surface area (Å²) in [6.07, 6.45) is 0.538.